The highest BCUT2D eigenvalue weighted by Gasteiger charge is 2.30. The summed E-state index contributed by atoms with van der Waals surface area (Å²) in [6.07, 6.45) is 29.1. The molecule has 2 aliphatic carbocycles. The zero-order valence-corrected chi connectivity index (χ0v) is 17.6. The molecule has 0 saturated heterocycles. The molecule has 0 radical (unpaired) electrons. The molecule has 0 aliphatic heterocycles. The Morgan fingerprint density at radius 2 is 1.42 bits per heavy atom. The predicted molar refractivity (Wildman–Crippen MR) is 114 cm³/mol. The molecule has 0 aromatic carbocycles. The standard InChI is InChI=1S/C25H44O/c1-3-5-7-9-10-12-22-13-15-23(16-14-22)24-17-19-25(20-18-24)26-21-11-8-6-4-2/h4,6,8,11,22-25H,3,5,7,9-10,12-21H2,1-2H3/b6-4+,11-8+. The van der Waals surface area contributed by atoms with Crippen LogP contribution in [-0.2, 0) is 4.74 Å². The smallest absolute Gasteiger partial charge is 0.0654 e. The lowest BCUT2D eigenvalue weighted by molar-refractivity contribution is 0.0210. The summed E-state index contributed by atoms with van der Waals surface area (Å²) in [7, 11) is 0. The molecule has 0 aromatic rings. The van der Waals surface area contributed by atoms with Crippen LogP contribution in [0.1, 0.15) is 104 Å². The Bertz CT molecular complexity index is 381. The highest BCUT2D eigenvalue weighted by Crippen LogP contribution is 2.41. The van der Waals surface area contributed by atoms with Crippen molar-refractivity contribution in [2.24, 2.45) is 17.8 Å². The number of ether oxygens (including phenoxy) is 1. The van der Waals surface area contributed by atoms with Gasteiger partial charge < -0.3 is 4.74 Å². The fourth-order valence-electron chi connectivity index (χ4n) is 5.15. The molecule has 0 N–H and O–H groups in total. The van der Waals surface area contributed by atoms with E-state index < -0.39 is 0 Å². The number of unbranched alkanes of at least 4 members (excludes halogenated alkanes) is 4. The minimum absolute atomic E-state index is 0.515. The Morgan fingerprint density at radius 3 is 2.08 bits per heavy atom. The fraction of sp³-hybridized carbons (Fsp3) is 0.840. The van der Waals surface area contributed by atoms with Gasteiger partial charge in [-0.3, -0.25) is 0 Å². The van der Waals surface area contributed by atoms with Gasteiger partial charge in [0.1, 0.15) is 0 Å². The van der Waals surface area contributed by atoms with Crippen molar-refractivity contribution in [3.63, 3.8) is 0 Å². The van der Waals surface area contributed by atoms with Crippen LogP contribution in [-0.4, -0.2) is 12.7 Å². The van der Waals surface area contributed by atoms with Crippen LogP contribution in [0.3, 0.4) is 0 Å². The van der Waals surface area contributed by atoms with Gasteiger partial charge in [-0.2, -0.15) is 0 Å². The molecule has 0 bridgehead atoms. The minimum atomic E-state index is 0.515. The lowest BCUT2D eigenvalue weighted by atomic mass is 9.70. The van der Waals surface area contributed by atoms with Crippen molar-refractivity contribution in [1.82, 2.24) is 0 Å². The van der Waals surface area contributed by atoms with E-state index in [4.69, 9.17) is 4.74 Å². The largest absolute Gasteiger partial charge is 0.374 e. The van der Waals surface area contributed by atoms with E-state index in [1.807, 2.05) is 6.92 Å². The maximum Gasteiger partial charge on any atom is 0.0654 e. The van der Waals surface area contributed by atoms with Crippen LogP contribution in [0, 0.1) is 17.8 Å². The zero-order chi connectivity index (χ0) is 18.5. The van der Waals surface area contributed by atoms with E-state index in [2.05, 4.69) is 31.2 Å². The third kappa shape index (κ3) is 8.42. The second kappa shape index (κ2) is 13.6. The van der Waals surface area contributed by atoms with Crippen LogP contribution < -0.4 is 0 Å². The second-order valence-electron chi connectivity index (χ2n) is 8.81. The van der Waals surface area contributed by atoms with E-state index in [1.54, 1.807) is 0 Å². The summed E-state index contributed by atoms with van der Waals surface area (Å²) in [5.41, 5.74) is 0. The van der Waals surface area contributed by atoms with E-state index >= 15 is 0 Å². The summed E-state index contributed by atoms with van der Waals surface area (Å²) in [6.45, 7) is 5.14. The summed E-state index contributed by atoms with van der Waals surface area (Å²) in [6, 6.07) is 0. The molecule has 0 atom stereocenters. The van der Waals surface area contributed by atoms with Gasteiger partial charge in [0.15, 0.2) is 0 Å². The Kier molecular flexibility index (Phi) is 11.4. The highest BCUT2D eigenvalue weighted by atomic mass is 16.5. The van der Waals surface area contributed by atoms with Crippen LogP contribution in [0.25, 0.3) is 0 Å². The first kappa shape index (κ1) is 21.7. The average molecular weight is 361 g/mol. The molecule has 2 rings (SSSR count). The second-order valence-corrected chi connectivity index (χ2v) is 8.81. The van der Waals surface area contributed by atoms with Gasteiger partial charge in [-0.1, -0.05) is 82.6 Å². The van der Waals surface area contributed by atoms with Gasteiger partial charge in [0.2, 0.25) is 0 Å². The minimum Gasteiger partial charge on any atom is -0.374 e. The van der Waals surface area contributed by atoms with E-state index in [1.165, 1.54) is 89.9 Å². The lowest BCUT2D eigenvalue weighted by Gasteiger charge is -2.37. The Hall–Kier alpha value is -0.560. The molecule has 1 heteroatoms. The summed E-state index contributed by atoms with van der Waals surface area (Å²) < 4.78 is 6.03. The molecular weight excluding hydrogens is 316 g/mol. The number of allylic oxidation sites excluding steroid dienone is 3. The van der Waals surface area contributed by atoms with Crippen LogP contribution in [0.5, 0.6) is 0 Å². The van der Waals surface area contributed by atoms with Crippen LogP contribution >= 0.6 is 0 Å². The zero-order valence-electron chi connectivity index (χ0n) is 17.6. The molecule has 2 fully saturated rings. The summed E-state index contributed by atoms with van der Waals surface area (Å²) in [4.78, 5) is 0. The monoisotopic (exact) mass is 360 g/mol. The van der Waals surface area contributed by atoms with Gasteiger partial charge in [-0.15, -0.1) is 0 Å². The van der Waals surface area contributed by atoms with Gasteiger partial charge in [-0.25, -0.2) is 0 Å². The first-order chi connectivity index (χ1) is 12.8. The summed E-state index contributed by atoms with van der Waals surface area (Å²) >= 11 is 0. The topological polar surface area (TPSA) is 9.23 Å². The van der Waals surface area contributed by atoms with Crippen molar-refractivity contribution in [1.29, 1.82) is 0 Å². The summed E-state index contributed by atoms with van der Waals surface area (Å²) in [5, 5.41) is 0. The van der Waals surface area contributed by atoms with E-state index in [0.29, 0.717) is 6.10 Å². The van der Waals surface area contributed by atoms with Crippen LogP contribution in [0.4, 0.5) is 0 Å². The summed E-state index contributed by atoms with van der Waals surface area (Å²) in [5.74, 6) is 3.08. The molecule has 150 valence electrons. The molecule has 0 amide bonds. The lowest BCUT2D eigenvalue weighted by Crippen LogP contribution is -2.28. The van der Waals surface area contributed by atoms with Crippen molar-refractivity contribution < 1.29 is 4.74 Å². The first-order valence-electron chi connectivity index (χ1n) is 11.7. The molecule has 0 aromatic heterocycles. The highest BCUT2D eigenvalue weighted by molar-refractivity contribution is 5.01. The number of hydrogen-bond donors (Lipinski definition) is 0. The maximum absolute atomic E-state index is 6.03. The SMILES string of the molecule is C/C=C/C=C/COC1CCC(C2CCC(CCCCCCC)CC2)CC1. The Morgan fingerprint density at radius 1 is 0.769 bits per heavy atom. The van der Waals surface area contributed by atoms with E-state index in [0.717, 1.165) is 24.4 Å². The van der Waals surface area contributed by atoms with Gasteiger partial charge >= 0.3 is 0 Å². The Labute approximate surface area is 163 Å². The molecule has 0 spiro atoms. The van der Waals surface area contributed by atoms with Gasteiger partial charge in [0.05, 0.1) is 12.7 Å². The average Bonchev–Trinajstić information content (AvgIpc) is 2.69. The van der Waals surface area contributed by atoms with Gasteiger partial charge in [0, 0.05) is 0 Å². The molecule has 0 heterocycles. The normalized spacial score (nSPS) is 30.4. The first-order valence-corrected chi connectivity index (χ1v) is 11.7. The molecule has 2 aliphatic rings. The van der Waals surface area contributed by atoms with Crippen molar-refractivity contribution in [2.45, 2.75) is 110 Å². The van der Waals surface area contributed by atoms with Crippen molar-refractivity contribution in [3.8, 4) is 0 Å². The predicted octanol–water partition coefficient (Wildman–Crippen LogP) is 7.86. The van der Waals surface area contributed by atoms with Crippen LogP contribution in [0.15, 0.2) is 24.3 Å². The van der Waals surface area contributed by atoms with Crippen molar-refractivity contribution >= 4 is 0 Å². The third-order valence-electron chi connectivity index (χ3n) is 6.86. The Balaban J connectivity index is 1.54. The molecule has 0 unspecified atom stereocenters. The van der Waals surface area contributed by atoms with Crippen molar-refractivity contribution in [3.05, 3.63) is 24.3 Å². The quantitative estimate of drug-likeness (QED) is 0.269. The van der Waals surface area contributed by atoms with Crippen LogP contribution in [0.2, 0.25) is 0 Å². The van der Waals surface area contributed by atoms with Crippen molar-refractivity contribution in [2.75, 3.05) is 6.61 Å². The molecule has 1 nitrogen and oxygen atoms in total. The third-order valence-corrected chi connectivity index (χ3v) is 6.86. The number of hydrogen-bond acceptors (Lipinski definition) is 1. The van der Waals surface area contributed by atoms with Gasteiger partial charge in [0.25, 0.3) is 0 Å². The number of rotatable bonds is 11. The van der Waals surface area contributed by atoms with E-state index in [9.17, 15) is 0 Å². The fourth-order valence-corrected chi connectivity index (χ4v) is 5.15. The molecule has 2 saturated carbocycles. The van der Waals surface area contributed by atoms with E-state index in [-0.39, 0.29) is 0 Å². The molecule has 26 heavy (non-hydrogen) atoms. The van der Waals surface area contributed by atoms with Gasteiger partial charge in [-0.05, 0) is 63.2 Å². The molecular formula is C25H44O. The maximum atomic E-state index is 6.03.